The minimum absolute atomic E-state index is 0.00470. The number of benzene rings is 1. The molecule has 1 aliphatic rings. The van der Waals surface area contributed by atoms with Crippen LogP contribution in [0.4, 0.5) is 0 Å². The van der Waals surface area contributed by atoms with Crippen LogP contribution in [0, 0.1) is 13.8 Å². The predicted molar refractivity (Wildman–Crippen MR) is 80.1 cm³/mol. The number of fused-ring (bicyclic) bond motifs is 1. The van der Waals surface area contributed by atoms with Gasteiger partial charge in [0, 0.05) is 12.0 Å². The summed E-state index contributed by atoms with van der Waals surface area (Å²) in [6, 6.07) is 3.84. The van der Waals surface area contributed by atoms with Gasteiger partial charge in [0.25, 0.3) is 0 Å². The van der Waals surface area contributed by atoms with E-state index in [9.17, 15) is 9.59 Å². The summed E-state index contributed by atoms with van der Waals surface area (Å²) in [5, 5.41) is 3.16. The molecule has 2 heterocycles. The molecule has 0 aliphatic carbocycles. The summed E-state index contributed by atoms with van der Waals surface area (Å²) in [7, 11) is 0. The van der Waals surface area contributed by atoms with Crippen molar-refractivity contribution in [2.75, 3.05) is 5.88 Å². The molecule has 0 bridgehead atoms. The molecule has 104 valence electrons. The van der Waals surface area contributed by atoms with Crippen LogP contribution in [-0.4, -0.2) is 17.0 Å². The quantitative estimate of drug-likeness (QED) is 0.920. The summed E-state index contributed by atoms with van der Waals surface area (Å²) >= 11 is 1.52. The number of nitrogens with one attached hydrogen (secondary N) is 1. The largest absolute Gasteiger partial charge is 0.464 e. The molecule has 1 saturated heterocycles. The molecule has 0 saturated carbocycles. The zero-order valence-corrected chi connectivity index (χ0v) is 12.2. The molecule has 1 N–H and O–H groups in total. The Bertz CT molecular complexity index is 751. The highest BCUT2D eigenvalue weighted by atomic mass is 32.2. The van der Waals surface area contributed by atoms with Crippen LogP contribution in [0.3, 0.4) is 0 Å². The van der Waals surface area contributed by atoms with Crippen LogP contribution in [0.15, 0.2) is 27.6 Å². The van der Waals surface area contributed by atoms with Crippen molar-refractivity contribution in [2.24, 2.45) is 0 Å². The number of aryl methyl sites for hydroxylation is 2. The smallest absolute Gasteiger partial charge is 0.234 e. The molecule has 20 heavy (non-hydrogen) atoms. The van der Waals surface area contributed by atoms with E-state index in [0.717, 1.165) is 11.1 Å². The van der Waals surface area contributed by atoms with Crippen LogP contribution in [0.1, 0.15) is 16.7 Å². The van der Waals surface area contributed by atoms with Crippen molar-refractivity contribution in [3.05, 3.63) is 45.3 Å². The van der Waals surface area contributed by atoms with Crippen molar-refractivity contribution in [1.29, 1.82) is 0 Å². The van der Waals surface area contributed by atoms with Crippen molar-refractivity contribution in [3.63, 3.8) is 0 Å². The Morgan fingerprint density at radius 1 is 1.35 bits per heavy atom. The van der Waals surface area contributed by atoms with Crippen LogP contribution in [-0.2, 0) is 11.2 Å². The molecular weight excluding hydrogens is 274 g/mol. The van der Waals surface area contributed by atoms with Gasteiger partial charge < -0.3 is 9.73 Å². The lowest BCUT2D eigenvalue weighted by Gasteiger charge is -2.08. The number of carbonyl (C=O) groups excluding carboxylic acids is 1. The fourth-order valence-electron chi connectivity index (χ4n) is 2.53. The van der Waals surface area contributed by atoms with Crippen LogP contribution in [0.2, 0.25) is 0 Å². The third-order valence-electron chi connectivity index (χ3n) is 3.50. The average Bonchev–Trinajstić information content (AvgIpc) is 2.79. The Morgan fingerprint density at radius 2 is 2.15 bits per heavy atom. The van der Waals surface area contributed by atoms with Gasteiger partial charge in [-0.25, -0.2) is 0 Å². The Labute approximate surface area is 120 Å². The van der Waals surface area contributed by atoms with E-state index in [1.807, 2.05) is 26.0 Å². The summed E-state index contributed by atoms with van der Waals surface area (Å²) in [4.78, 5) is 24.1. The molecule has 2 aromatic rings. The molecule has 1 unspecified atom stereocenters. The highest BCUT2D eigenvalue weighted by Crippen LogP contribution is 2.22. The SMILES string of the molecule is Cc1cc(C)c2occ(CC3SCNC3=O)c(=O)c2c1. The molecule has 1 fully saturated rings. The molecule has 1 aromatic carbocycles. The molecule has 1 atom stereocenters. The van der Waals surface area contributed by atoms with Crippen LogP contribution < -0.4 is 10.7 Å². The first-order chi connectivity index (χ1) is 9.56. The van der Waals surface area contributed by atoms with E-state index in [0.29, 0.717) is 28.8 Å². The summed E-state index contributed by atoms with van der Waals surface area (Å²) in [5.41, 5.74) is 3.16. The van der Waals surface area contributed by atoms with E-state index in [-0.39, 0.29) is 16.6 Å². The zero-order chi connectivity index (χ0) is 14.3. The fourth-order valence-corrected chi connectivity index (χ4v) is 3.49. The number of thioether (sulfide) groups is 1. The van der Waals surface area contributed by atoms with Crippen LogP contribution in [0.25, 0.3) is 11.0 Å². The average molecular weight is 289 g/mol. The number of amides is 1. The second kappa shape index (κ2) is 4.98. The summed E-state index contributed by atoms with van der Waals surface area (Å²) in [5.74, 6) is 0.607. The van der Waals surface area contributed by atoms with Gasteiger partial charge in [-0.15, -0.1) is 11.8 Å². The third kappa shape index (κ3) is 2.22. The van der Waals surface area contributed by atoms with Gasteiger partial charge in [-0.1, -0.05) is 6.07 Å². The summed E-state index contributed by atoms with van der Waals surface area (Å²) in [6.45, 7) is 3.89. The van der Waals surface area contributed by atoms with E-state index < -0.39 is 0 Å². The van der Waals surface area contributed by atoms with E-state index >= 15 is 0 Å². The Hall–Kier alpha value is -1.75. The lowest BCUT2D eigenvalue weighted by atomic mass is 10.0. The second-order valence-corrected chi connectivity index (χ2v) is 6.28. The van der Waals surface area contributed by atoms with E-state index in [1.54, 1.807) is 0 Å². The van der Waals surface area contributed by atoms with Crippen molar-refractivity contribution >= 4 is 28.6 Å². The van der Waals surface area contributed by atoms with Gasteiger partial charge in [-0.05, 0) is 31.0 Å². The maximum atomic E-state index is 12.5. The van der Waals surface area contributed by atoms with Gasteiger partial charge in [0.2, 0.25) is 5.91 Å². The molecule has 4 nitrogen and oxygen atoms in total. The molecule has 1 aromatic heterocycles. The van der Waals surface area contributed by atoms with E-state index in [4.69, 9.17) is 4.42 Å². The number of hydrogen-bond donors (Lipinski definition) is 1. The zero-order valence-electron chi connectivity index (χ0n) is 11.4. The molecule has 0 spiro atoms. The molecule has 3 rings (SSSR count). The minimum Gasteiger partial charge on any atom is -0.464 e. The van der Waals surface area contributed by atoms with Gasteiger partial charge >= 0.3 is 0 Å². The molecule has 5 heteroatoms. The topological polar surface area (TPSA) is 59.3 Å². The number of hydrogen-bond acceptors (Lipinski definition) is 4. The van der Waals surface area contributed by atoms with Gasteiger partial charge in [-0.3, -0.25) is 9.59 Å². The first-order valence-corrected chi connectivity index (χ1v) is 7.52. The fraction of sp³-hybridized carbons (Fsp3) is 0.333. The second-order valence-electron chi connectivity index (χ2n) is 5.09. The Morgan fingerprint density at radius 3 is 2.85 bits per heavy atom. The predicted octanol–water partition coefficient (Wildman–Crippen LogP) is 2.14. The number of rotatable bonds is 2. The van der Waals surface area contributed by atoms with Gasteiger partial charge in [-0.2, -0.15) is 0 Å². The van der Waals surface area contributed by atoms with Crippen LogP contribution >= 0.6 is 11.8 Å². The van der Waals surface area contributed by atoms with Crippen LogP contribution in [0.5, 0.6) is 0 Å². The Kier molecular flexibility index (Phi) is 3.30. The molecule has 1 amide bonds. The standard InChI is InChI=1S/C15H15NO3S/c1-8-3-9(2)14-11(4-8)13(17)10(6-19-14)5-12-15(18)16-7-20-12/h3-4,6,12H,5,7H2,1-2H3,(H,16,18). The van der Waals surface area contributed by atoms with E-state index in [1.165, 1.54) is 18.0 Å². The molecule has 1 aliphatic heterocycles. The summed E-state index contributed by atoms with van der Waals surface area (Å²) in [6.07, 6.45) is 1.92. The van der Waals surface area contributed by atoms with Gasteiger partial charge in [0.05, 0.1) is 22.8 Å². The van der Waals surface area contributed by atoms with Crippen molar-refractivity contribution in [1.82, 2.24) is 5.32 Å². The van der Waals surface area contributed by atoms with Crippen molar-refractivity contribution < 1.29 is 9.21 Å². The molecular formula is C15H15NO3S. The first kappa shape index (κ1) is 13.2. The number of carbonyl (C=O) groups is 1. The highest BCUT2D eigenvalue weighted by Gasteiger charge is 2.26. The first-order valence-electron chi connectivity index (χ1n) is 6.47. The lowest BCUT2D eigenvalue weighted by Crippen LogP contribution is -2.26. The normalized spacial score (nSPS) is 18.5. The van der Waals surface area contributed by atoms with Gasteiger partial charge in [0.15, 0.2) is 5.43 Å². The van der Waals surface area contributed by atoms with Gasteiger partial charge in [0.1, 0.15) is 5.58 Å². The Balaban J connectivity index is 2.07. The summed E-state index contributed by atoms with van der Waals surface area (Å²) < 4.78 is 5.61. The monoisotopic (exact) mass is 289 g/mol. The van der Waals surface area contributed by atoms with Crippen molar-refractivity contribution in [2.45, 2.75) is 25.5 Å². The minimum atomic E-state index is -0.193. The van der Waals surface area contributed by atoms with E-state index in [2.05, 4.69) is 5.32 Å². The maximum Gasteiger partial charge on any atom is 0.234 e. The lowest BCUT2D eigenvalue weighted by molar-refractivity contribution is -0.119. The molecule has 0 radical (unpaired) electrons. The van der Waals surface area contributed by atoms with Crippen molar-refractivity contribution in [3.8, 4) is 0 Å². The highest BCUT2D eigenvalue weighted by molar-refractivity contribution is 8.01. The third-order valence-corrected chi connectivity index (χ3v) is 4.60. The maximum absolute atomic E-state index is 12.5.